The highest BCUT2D eigenvalue weighted by molar-refractivity contribution is 5.02. The molecule has 0 aliphatic heterocycles. The first-order chi connectivity index (χ1) is 7.47. The van der Waals surface area contributed by atoms with Crippen LogP contribution in [0.1, 0.15) is 71.0 Å². The summed E-state index contributed by atoms with van der Waals surface area (Å²) < 4.78 is 5.35. The van der Waals surface area contributed by atoms with Crippen LogP contribution in [0.4, 0.5) is 0 Å². The van der Waals surface area contributed by atoms with Gasteiger partial charge in [0.25, 0.3) is 0 Å². The number of nitrogens with zero attached hydrogens (tertiary/aromatic N) is 2. The minimum absolute atomic E-state index is 0.0345. The molecule has 16 heavy (non-hydrogen) atoms. The fraction of sp³-hybridized carbons (Fsp3) is 0.846. The SMILES string of the molecule is CC1CCC(c2noc(C(C)(C)C)n2)CC1. The van der Waals surface area contributed by atoms with Gasteiger partial charge in [0.15, 0.2) is 5.82 Å². The second-order valence-electron chi connectivity index (χ2n) is 6.16. The molecule has 0 amide bonds. The molecule has 90 valence electrons. The van der Waals surface area contributed by atoms with Gasteiger partial charge >= 0.3 is 0 Å². The predicted molar refractivity (Wildman–Crippen MR) is 63.4 cm³/mol. The average Bonchev–Trinajstić information content (AvgIpc) is 2.67. The molecular formula is C13H22N2O. The van der Waals surface area contributed by atoms with Crippen molar-refractivity contribution in [2.24, 2.45) is 5.92 Å². The third kappa shape index (κ3) is 2.45. The summed E-state index contributed by atoms with van der Waals surface area (Å²) in [6, 6.07) is 0. The minimum Gasteiger partial charge on any atom is -0.339 e. The van der Waals surface area contributed by atoms with Gasteiger partial charge in [-0.3, -0.25) is 0 Å². The average molecular weight is 222 g/mol. The Morgan fingerprint density at radius 2 is 1.75 bits per heavy atom. The number of aromatic nitrogens is 2. The fourth-order valence-corrected chi connectivity index (χ4v) is 2.22. The Labute approximate surface area is 97.6 Å². The van der Waals surface area contributed by atoms with Crippen LogP contribution in [0, 0.1) is 5.92 Å². The van der Waals surface area contributed by atoms with E-state index in [1.807, 2.05) is 0 Å². The van der Waals surface area contributed by atoms with Crippen molar-refractivity contribution >= 4 is 0 Å². The first kappa shape index (κ1) is 11.6. The summed E-state index contributed by atoms with van der Waals surface area (Å²) in [7, 11) is 0. The van der Waals surface area contributed by atoms with Gasteiger partial charge in [-0.25, -0.2) is 0 Å². The Bertz CT molecular complexity index is 343. The largest absolute Gasteiger partial charge is 0.339 e. The molecule has 3 nitrogen and oxygen atoms in total. The summed E-state index contributed by atoms with van der Waals surface area (Å²) in [5.41, 5.74) is -0.0345. The zero-order valence-electron chi connectivity index (χ0n) is 10.8. The fourth-order valence-electron chi connectivity index (χ4n) is 2.22. The topological polar surface area (TPSA) is 38.9 Å². The lowest BCUT2D eigenvalue weighted by atomic mass is 9.82. The van der Waals surface area contributed by atoms with E-state index < -0.39 is 0 Å². The van der Waals surface area contributed by atoms with Gasteiger partial charge in [0.1, 0.15) is 0 Å². The molecule has 1 aromatic heterocycles. The van der Waals surface area contributed by atoms with Crippen molar-refractivity contribution in [1.29, 1.82) is 0 Å². The quantitative estimate of drug-likeness (QED) is 0.728. The second kappa shape index (κ2) is 4.19. The van der Waals surface area contributed by atoms with Gasteiger partial charge < -0.3 is 4.52 Å². The van der Waals surface area contributed by atoms with Crippen LogP contribution in [0.25, 0.3) is 0 Å². The molecule has 3 heteroatoms. The summed E-state index contributed by atoms with van der Waals surface area (Å²) in [4.78, 5) is 4.55. The molecule has 0 radical (unpaired) electrons. The van der Waals surface area contributed by atoms with Gasteiger partial charge in [0.2, 0.25) is 5.89 Å². The van der Waals surface area contributed by atoms with Crippen molar-refractivity contribution in [3.05, 3.63) is 11.7 Å². The zero-order chi connectivity index (χ0) is 11.8. The van der Waals surface area contributed by atoms with Crippen LogP contribution in [0.3, 0.4) is 0 Å². The molecule has 0 unspecified atom stereocenters. The minimum atomic E-state index is -0.0345. The Kier molecular flexibility index (Phi) is 3.04. The Morgan fingerprint density at radius 1 is 1.12 bits per heavy atom. The monoisotopic (exact) mass is 222 g/mol. The van der Waals surface area contributed by atoms with Crippen LogP contribution in [-0.2, 0) is 5.41 Å². The van der Waals surface area contributed by atoms with E-state index >= 15 is 0 Å². The third-order valence-electron chi connectivity index (χ3n) is 3.46. The molecular weight excluding hydrogens is 200 g/mol. The maximum atomic E-state index is 5.35. The van der Waals surface area contributed by atoms with Crippen molar-refractivity contribution in [2.45, 2.75) is 64.7 Å². The van der Waals surface area contributed by atoms with E-state index in [1.165, 1.54) is 25.7 Å². The van der Waals surface area contributed by atoms with Crippen molar-refractivity contribution in [1.82, 2.24) is 10.1 Å². The predicted octanol–water partition coefficient (Wildman–Crippen LogP) is 3.66. The van der Waals surface area contributed by atoms with E-state index in [-0.39, 0.29) is 5.41 Å². The van der Waals surface area contributed by atoms with Crippen molar-refractivity contribution in [3.8, 4) is 0 Å². The highest BCUT2D eigenvalue weighted by Gasteiger charge is 2.27. The first-order valence-electron chi connectivity index (χ1n) is 6.31. The van der Waals surface area contributed by atoms with E-state index in [0.29, 0.717) is 5.92 Å². The van der Waals surface area contributed by atoms with Crippen molar-refractivity contribution < 1.29 is 4.52 Å². The van der Waals surface area contributed by atoms with Crippen LogP contribution >= 0.6 is 0 Å². The molecule has 0 N–H and O–H groups in total. The summed E-state index contributed by atoms with van der Waals surface area (Å²) in [6.07, 6.45) is 5.02. The molecule has 2 rings (SSSR count). The molecule has 0 atom stereocenters. The molecule has 1 aliphatic rings. The van der Waals surface area contributed by atoms with Crippen LogP contribution in [0.5, 0.6) is 0 Å². The Hall–Kier alpha value is -0.860. The van der Waals surface area contributed by atoms with Crippen LogP contribution < -0.4 is 0 Å². The first-order valence-corrected chi connectivity index (χ1v) is 6.31. The van der Waals surface area contributed by atoms with E-state index in [4.69, 9.17) is 4.52 Å². The standard InChI is InChI=1S/C13H22N2O/c1-9-5-7-10(8-6-9)11-14-12(16-15-11)13(2,3)4/h9-10H,5-8H2,1-4H3. The van der Waals surface area contributed by atoms with E-state index in [1.54, 1.807) is 0 Å². The van der Waals surface area contributed by atoms with Crippen molar-refractivity contribution in [3.63, 3.8) is 0 Å². The van der Waals surface area contributed by atoms with Gasteiger partial charge in [-0.15, -0.1) is 0 Å². The van der Waals surface area contributed by atoms with Crippen molar-refractivity contribution in [2.75, 3.05) is 0 Å². The Morgan fingerprint density at radius 3 is 2.25 bits per heavy atom. The number of rotatable bonds is 1. The van der Waals surface area contributed by atoms with Gasteiger partial charge in [-0.2, -0.15) is 4.98 Å². The number of hydrogen-bond acceptors (Lipinski definition) is 3. The summed E-state index contributed by atoms with van der Waals surface area (Å²) in [5, 5.41) is 4.15. The summed E-state index contributed by atoms with van der Waals surface area (Å²) >= 11 is 0. The third-order valence-corrected chi connectivity index (χ3v) is 3.46. The highest BCUT2D eigenvalue weighted by Crippen LogP contribution is 2.34. The lowest BCUT2D eigenvalue weighted by Crippen LogP contribution is -2.14. The molecule has 1 aliphatic carbocycles. The van der Waals surface area contributed by atoms with E-state index in [9.17, 15) is 0 Å². The maximum absolute atomic E-state index is 5.35. The molecule has 1 saturated carbocycles. The molecule has 0 saturated heterocycles. The van der Waals surface area contributed by atoms with Gasteiger partial charge in [0, 0.05) is 11.3 Å². The van der Waals surface area contributed by atoms with E-state index in [0.717, 1.165) is 17.6 Å². The second-order valence-corrected chi connectivity index (χ2v) is 6.16. The molecule has 0 bridgehead atoms. The molecule has 1 heterocycles. The van der Waals surface area contributed by atoms with Crippen LogP contribution in [-0.4, -0.2) is 10.1 Å². The molecule has 0 aromatic carbocycles. The highest BCUT2D eigenvalue weighted by atomic mass is 16.5. The lowest BCUT2D eigenvalue weighted by molar-refractivity contribution is 0.305. The smallest absolute Gasteiger partial charge is 0.232 e. The van der Waals surface area contributed by atoms with Gasteiger partial charge in [-0.05, 0) is 18.8 Å². The summed E-state index contributed by atoms with van der Waals surface area (Å²) in [5.74, 6) is 3.08. The van der Waals surface area contributed by atoms with Gasteiger partial charge in [-0.1, -0.05) is 45.7 Å². The molecule has 1 aromatic rings. The van der Waals surface area contributed by atoms with Gasteiger partial charge in [0.05, 0.1) is 0 Å². The Balaban J connectivity index is 2.08. The van der Waals surface area contributed by atoms with E-state index in [2.05, 4.69) is 37.8 Å². The maximum Gasteiger partial charge on any atom is 0.232 e. The zero-order valence-corrected chi connectivity index (χ0v) is 10.8. The molecule has 1 fully saturated rings. The number of hydrogen-bond donors (Lipinski definition) is 0. The molecule has 0 spiro atoms. The van der Waals surface area contributed by atoms with Crippen LogP contribution in [0.15, 0.2) is 4.52 Å². The summed E-state index contributed by atoms with van der Waals surface area (Å²) in [6.45, 7) is 8.64. The lowest BCUT2D eigenvalue weighted by Gasteiger charge is -2.23. The normalized spacial score (nSPS) is 27.0. The van der Waals surface area contributed by atoms with Crippen LogP contribution in [0.2, 0.25) is 0 Å².